The molecule has 5 nitrogen and oxygen atoms in total. The van der Waals surface area contributed by atoms with E-state index in [9.17, 15) is 14.0 Å². The Labute approximate surface area is 184 Å². The standard InChI is InChI=1S/C26H20FNO4/c1-16-22-14-19(24(29)18-8-11-20(27)12-9-18)10-13-21(22)25(23(28-16)26(30)31-2)32-15-17-6-4-3-5-7-17/h3-14H,15H2,1-2H3. The zero-order valence-electron chi connectivity index (χ0n) is 17.6. The van der Waals surface area contributed by atoms with Crippen molar-refractivity contribution in [3.63, 3.8) is 0 Å². The second kappa shape index (κ2) is 8.98. The normalized spacial score (nSPS) is 10.7. The Morgan fingerprint density at radius 3 is 2.28 bits per heavy atom. The van der Waals surface area contributed by atoms with Gasteiger partial charge in [-0.2, -0.15) is 0 Å². The number of esters is 1. The highest BCUT2D eigenvalue weighted by Gasteiger charge is 2.21. The Morgan fingerprint density at radius 1 is 0.906 bits per heavy atom. The largest absolute Gasteiger partial charge is 0.486 e. The van der Waals surface area contributed by atoms with Crippen LogP contribution in [0.25, 0.3) is 10.8 Å². The zero-order valence-corrected chi connectivity index (χ0v) is 17.6. The molecule has 0 aliphatic rings. The first kappa shape index (κ1) is 21.2. The van der Waals surface area contributed by atoms with E-state index in [4.69, 9.17) is 9.47 Å². The number of rotatable bonds is 6. The van der Waals surface area contributed by atoms with Crippen molar-refractivity contribution in [3.05, 3.63) is 107 Å². The lowest BCUT2D eigenvalue weighted by Gasteiger charge is -2.15. The van der Waals surface area contributed by atoms with E-state index in [1.54, 1.807) is 25.1 Å². The predicted molar refractivity (Wildman–Crippen MR) is 118 cm³/mol. The molecule has 0 atom stereocenters. The molecule has 0 fully saturated rings. The third-order valence-corrected chi connectivity index (χ3v) is 5.12. The Kier molecular flexibility index (Phi) is 5.94. The molecule has 0 N–H and O–H groups in total. The van der Waals surface area contributed by atoms with Crippen molar-refractivity contribution in [2.75, 3.05) is 7.11 Å². The SMILES string of the molecule is COC(=O)c1nc(C)c2cc(C(=O)c3ccc(F)cc3)ccc2c1OCc1ccccc1. The van der Waals surface area contributed by atoms with E-state index in [1.165, 1.54) is 31.4 Å². The van der Waals surface area contributed by atoms with Gasteiger partial charge in [0.05, 0.1) is 7.11 Å². The molecular weight excluding hydrogens is 409 g/mol. The lowest BCUT2D eigenvalue weighted by molar-refractivity contribution is 0.0588. The summed E-state index contributed by atoms with van der Waals surface area (Å²) in [6.07, 6.45) is 0. The molecule has 0 unspecified atom stereocenters. The number of benzene rings is 3. The fourth-order valence-corrected chi connectivity index (χ4v) is 3.47. The molecule has 0 spiro atoms. The molecule has 0 aliphatic carbocycles. The van der Waals surface area contributed by atoms with Gasteiger partial charge in [0.2, 0.25) is 0 Å². The first-order chi connectivity index (χ1) is 15.5. The second-order valence-corrected chi connectivity index (χ2v) is 7.24. The van der Waals surface area contributed by atoms with Crippen LogP contribution in [-0.2, 0) is 11.3 Å². The number of pyridine rings is 1. The van der Waals surface area contributed by atoms with Crippen LogP contribution in [0.4, 0.5) is 4.39 Å². The minimum absolute atomic E-state index is 0.0750. The fourth-order valence-electron chi connectivity index (χ4n) is 3.47. The molecular formula is C26H20FNO4. The van der Waals surface area contributed by atoms with Gasteiger partial charge in [0, 0.05) is 27.6 Å². The van der Waals surface area contributed by atoms with Gasteiger partial charge in [0.15, 0.2) is 17.2 Å². The minimum Gasteiger partial charge on any atom is -0.486 e. The van der Waals surface area contributed by atoms with Gasteiger partial charge in [-0.05, 0) is 48.9 Å². The molecule has 4 rings (SSSR count). The average molecular weight is 429 g/mol. The number of nitrogens with zero attached hydrogens (tertiary/aromatic N) is 1. The molecule has 4 aromatic rings. The van der Waals surface area contributed by atoms with Crippen molar-refractivity contribution in [1.82, 2.24) is 4.98 Å². The highest BCUT2D eigenvalue weighted by atomic mass is 19.1. The smallest absolute Gasteiger partial charge is 0.360 e. The maximum Gasteiger partial charge on any atom is 0.360 e. The number of hydrogen-bond acceptors (Lipinski definition) is 5. The number of carbonyl (C=O) groups excluding carboxylic acids is 2. The number of fused-ring (bicyclic) bond motifs is 1. The molecule has 6 heteroatoms. The number of aryl methyl sites for hydroxylation is 1. The van der Waals surface area contributed by atoms with Gasteiger partial charge < -0.3 is 9.47 Å². The van der Waals surface area contributed by atoms with Crippen LogP contribution in [0, 0.1) is 12.7 Å². The molecule has 32 heavy (non-hydrogen) atoms. The summed E-state index contributed by atoms with van der Waals surface area (Å²) in [7, 11) is 1.29. The number of methoxy groups -OCH3 is 1. The van der Waals surface area contributed by atoms with Gasteiger partial charge in [-0.15, -0.1) is 0 Å². The number of carbonyl (C=O) groups is 2. The van der Waals surface area contributed by atoms with E-state index in [0.29, 0.717) is 33.3 Å². The first-order valence-electron chi connectivity index (χ1n) is 9.97. The van der Waals surface area contributed by atoms with E-state index >= 15 is 0 Å². The van der Waals surface area contributed by atoms with Crippen LogP contribution in [0.5, 0.6) is 5.75 Å². The van der Waals surface area contributed by atoms with Crippen LogP contribution in [0.3, 0.4) is 0 Å². The summed E-state index contributed by atoms with van der Waals surface area (Å²) in [6, 6.07) is 20.0. The Hall–Kier alpha value is -4.06. The molecule has 0 saturated heterocycles. The molecule has 3 aromatic carbocycles. The van der Waals surface area contributed by atoms with E-state index in [-0.39, 0.29) is 18.1 Å². The van der Waals surface area contributed by atoms with Gasteiger partial charge in [-0.25, -0.2) is 14.2 Å². The Morgan fingerprint density at radius 2 is 1.59 bits per heavy atom. The molecule has 0 amide bonds. The van der Waals surface area contributed by atoms with Crippen molar-refractivity contribution >= 4 is 22.5 Å². The summed E-state index contributed by atoms with van der Waals surface area (Å²) in [5.41, 5.74) is 2.37. The van der Waals surface area contributed by atoms with Crippen LogP contribution in [0.15, 0.2) is 72.8 Å². The summed E-state index contributed by atoms with van der Waals surface area (Å²) < 4.78 is 24.1. The van der Waals surface area contributed by atoms with E-state index in [2.05, 4.69) is 4.98 Å². The van der Waals surface area contributed by atoms with Crippen molar-refractivity contribution in [3.8, 4) is 5.75 Å². The minimum atomic E-state index is -0.607. The number of hydrogen-bond donors (Lipinski definition) is 0. The highest BCUT2D eigenvalue weighted by Crippen LogP contribution is 2.33. The lowest BCUT2D eigenvalue weighted by atomic mass is 9.98. The molecule has 1 aromatic heterocycles. The van der Waals surface area contributed by atoms with Crippen LogP contribution in [-0.4, -0.2) is 23.8 Å². The average Bonchev–Trinajstić information content (AvgIpc) is 2.83. The molecule has 0 radical (unpaired) electrons. The van der Waals surface area contributed by atoms with Gasteiger partial charge >= 0.3 is 5.97 Å². The molecule has 0 saturated carbocycles. The summed E-state index contributed by atoms with van der Waals surface area (Å²) >= 11 is 0. The summed E-state index contributed by atoms with van der Waals surface area (Å²) in [5.74, 6) is -0.961. The van der Waals surface area contributed by atoms with Gasteiger partial charge in [-0.3, -0.25) is 4.79 Å². The van der Waals surface area contributed by atoms with Gasteiger partial charge in [0.25, 0.3) is 0 Å². The first-order valence-corrected chi connectivity index (χ1v) is 9.97. The topological polar surface area (TPSA) is 65.5 Å². The Bertz CT molecular complexity index is 1300. The molecule has 160 valence electrons. The lowest BCUT2D eigenvalue weighted by Crippen LogP contribution is -2.11. The number of halogens is 1. The van der Waals surface area contributed by atoms with E-state index < -0.39 is 11.8 Å². The molecule has 0 bridgehead atoms. The van der Waals surface area contributed by atoms with Crippen LogP contribution in [0.2, 0.25) is 0 Å². The number of aromatic nitrogens is 1. The number of ketones is 1. The van der Waals surface area contributed by atoms with Crippen LogP contribution in [0.1, 0.15) is 37.7 Å². The Balaban J connectivity index is 1.79. The molecule has 1 heterocycles. The van der Waals surface area contributed by atoms with Crippen LogP contribution >= 0.6 is 0 Å². The van der Waals surface area contributed by atoms with Crippen molar-refractivity contribution in [2.24, 2.45) is 0 Å². The fraction of sp³-hybridized carbons (Fsp3) is 0.115. The summed E-state index contributed by atoms with van der Waals surface area (Å²) in [5, 5.41) is 1.32. The van der Waals surface area contributed by atoms with Crippen LogP contribution < -0.4 is 4.74 Å². The zero-order chi connectivity index (χ0) is 22.7. The van der Waals surface area contributed by atoms with Gasteiger partial charge in [-0.1, -0.05) is 36.4 Å². The molecule has 0 aliphatic heterocycles. The number of ether oxygens (including phenoxy) is 2. The maximum atomic E-state index is 13.2. The van der Waals surface area contributed by atoms with E-state index in [1.807, 2.05) is 30.3 Å². The van der Waals surface area contributed by atoms with Crippen molar-refractivity contribution in [2.45, 2.75) is 13.5 Å². The van der Waals surface area contributed by atoms with Gasteiger partial charge in [0.1, 0.15) is 12.4 Å². The monoisotopic (exact) mass is 429 g/mol. The van der Waals surface area contributed by atoms with Crippen molar-refractivity contribution in [1.29, 1.82) is 0 Å². The third-order valence-electron chi connectivity index (χ3n) is 5.12. The van der Waals surface area contributed by atoms with Crippen molar-refractivity contribution < 1.29 is 23.5 Å². The summed E-state index contributed by atoms with van der Waals surface area (Å²) in [4.78, 5) is 29.7. The highest BCUT2D eigenvalue weighted by molar-refractivity contribution is 6.11. The second-order valence-electron chi connectivity index (χ2n) is 7.24. The van der Waals surface area contributed by atoms with E-state index in [0.717, 1.165) is 5.56 Å². The summed E-state index contributed by atoms with van der Waals surface area (Å²) in [6.45, 7) is 1.99. The maximum absolute atomic E-state index is 13.2. The predicted octanol–water partition coefficient (Wildman–Crippen LogP) is 5.28. The quantitative estimate of drug-likeness (QED) is 0.308. The third kappa shape index (κ3) is 4.21.